The number of fused-ring (bicyclic) bond motifs is 1. The maximum Gasteiger partial charge on any atom is 0.471 e. The molecule has 0 bridgehead atoms. The van der Waals surface area contributed by atoms with Gasteiger partial charge in [-0.2, -0.15) is 21.6 Å². The molecule has 0 saturated carbocycles. The fraction of sp³-hybridized carbons (Fsp3) is 0.462. The van der Waals surface area contributed by atoms with Crippen molar-refractivity contribution in [1.29, 1.82) is 0 Å². The van der Waals surface area contributed by atoms with E-state index in [0.717, 1.165) is 0 Å². The second kappa shape index (κ2) is 9.03. The molecule has 28 heavy (non-hydrogen) atoms. The maximum atomic E-state index is 12.5. The molecule has 1 amide bonds. The number of halogens is 5. The van der Waals surface area contributed by atoms with Gasteiger partial charge in [0.15, 0.2) is 0 Å². The Bertz CT molecular complexity index is 942. The van der Waals surface area contributed by atoms with E-state index in [-0.39, 0.29) is 36.8 Å². The first kappa shape index (κ1) is 24.8. The predicted molar refractivity (Wildman–Crippen MR) is 93.2 cm³/mol. The predicted octanol–water partition coefficient (Wildman–Crippen LogP) is 2.49. The summed E-state index contributed by atoms with van der Waals surface area (Å²) in [5.74, 6) is -1.90. The first-order valence-electron chi connectivity index (χ1n) is 7.30. The van der Waals surface area contributed by atoms with Crippen LogP contribution in [0.1, 0.15) is 18.1 Å². The van der Waals surface area contributed by atoms with Crippen molar-refractivity contribution in [3.05, 3.63) is 23.3 Å². The second-order valence-corrected chi connectivity index (χ2v) is 9.85. The standard InChI is InChI=1S/C13H13ClF3NO4S.ClHO3S/c1-2-22-10-5-8-3-4-18(12(19)13(15,16)17)7-9(8)6-11(10)23(14,20)21;1-5(2,3)4/h5-6H,2-4,7H2,1H3;(H,2,3,4). The van der Waals surface area contributed by atoms with Crippen LogP contribution in [-0.4, -0.2) is 51.5 Å². The summed E-state index contributed by atoms with van der Waals surface area (Å²) in [5.41, 5.74) is 0.931. The number of ether oxygens (including phenoxy) is 1. The fourth-order valence-corrected chi connectivity index (χ4v) is 3.38. The molecule has 15 heteroatoms. The Labute approximate surface area is 167 Å². The molecule has 0 saturated heterocycles. The highest BCUT2D eigenvalue weighted by molar-refractivity contribution is 8.13. The first-order chi connectivity index (χ1) is 12.5. The van der Waals surface area contributed by atoms with Gasteiger partial charge in [-0.3, -0.25) is 9.35 Å². The van der Waals surface area contributed by atoms with Crippen molar-refractivity contribution in [3.63, 3.8) is 0 Å². The Morgan fingerprint density at radius 2 is 1.75 bits per heavy atom. The van der Waals surface area contributed by atoms with Crippen LogP contribution in [0.15, 0.2) is 17.0 Å². The molecule has 0 radical (unpaired) electrons. The van der Waals surface area contributed by atoms with Gasteiger partial charge in [-0.05, 0) is 36.6 Å². The van der Waals surface area contributed by atoms with E-state index in [1.807, 2.05) is 0 Å². The molecule has 160 valence electrons. The molecular formula is C13H14Cl2F3NO7S2. The van der Waals surface area contributed by atoms with E-state index in [1.54, 1.807) is 6.92 Å². The Balaban J connectivity index is 0.000000696. The number of nitrogens with zero attached hydrogens (tertiary/aromatic N) is 1. The lowest BCUT2D eigenvalue weighted by atomic mass is 9.99. The number of hydrogen-bond acceptors (Lipinski definition) is 6. The van der Waals surface area contributed by atoms with Gasteiger partial charge in [-0.15, -0.1) is 0 Å². The van der Waals surface area contributed by atoms with E-state index in [0.29, 0.717) is 16.0 Å². The summed E-state index contributed by atoms with van der Waals surface area (Å²) in [7, 11) is 1.07. The number of carbonyl (C=O) groups excluding carboxylic acids is 1. The van der Waals surface area contributed by atoms with Crippen LogP contribution < -0.4 is 4.74 Å². The van der Waals surface area contributed by atoms with Crippen LogP contribution >= 0.6 is 21.4 Å². The average molecular weight is 488 g/mol. The SMILES string of the molecule is CCOc1cc2c(cc1S(=O)(=O)Cl)CN(C(=O)C(F)(F)F)CC2.O=S(=O)(O)Cl. The summed E-state index contributed by atoms with van der Waals surface area (Å²) in [6.45, 7) is 1.42. The van der Waals surface area contributed by atoms with Gasteiger partial charge < -0.3 is 9.64 Å². The normalized spacial score (nSPS) is 14.6. The lowest BCUT2D eigenvalue weighted by molar-refractivity contribution is -0.186. The molecule has 0 atom stereocenters. The highest BCUT2D eigenvalue weighted by Gasteiger charge is 2.43. The summed E-state index contributed by atoms with van der Waals surface area (Å²) < 4.78 is 91.2. The van der Waals surface area contributed by atoms with Gasteiger partial charge in [0.25, 0.3) is 9.05 Å². The van der Waals surface area contributed by atoms with E-state index in [9.17, 15) is 26.4 Å². The molecule has 1 aliphatic heterocycles. The molecule has 0 aliphatic carbocycles. The van der Waals surface area contributed by atoms with E-state index in [4.69, 9.17) is 28.4 Å². The van der Waals surface area contributed by atoms with Gasteiger partial charge >= 0.3 is 21.4 Å². The molecule has 1 N–H and O–H groups in total. The third kappa shape index (κ3) is 7.62. The van der Waals surface area contributed by atoms with Gasteiger partial charge in [-0.1, -0.05) is 0 Å². The molecule has 1 aromatic rings. The second-order valence-electron chi connectivity index (χ2n) is 5.33. The quantitative estimate of drug-likeness (QED) is 0.513. The third-order valence-corrected chi connectivity index (χ3v) is 4.71. The van der Waals surface area contributed by atoms with Crippen LogP contribution in [0.2, 0.25) is 0 Å². The van der Waals surface area contributed by atoms with Gasteiger partial charge in [0.1, 0.15) is 10.6 Å². The van der Waals surface area contributed by atoms with Crippen LogP contribution in [0.25, 0.3) is 0 Å². The number of rotatable bonds is 3. The largest absolute Gasteiger partial charge is 0.492 e. The van der Waals surface area contributed by atoms with Crippen molar-refractivity contribution in [3.8, 4) is 5.75 Å². The van der Waals surface area contributed by atoms with Crippen molar-refractivity contribution in [1.82, 2.24) is 4.90 Å². The first-order valence-corrected chi connectivity index (χ1v) is 11.9. The monoisotopic (exact) mass is 487 g/mol. The molecule has 1 aliphatic rings. The minimum Gasteiger partial charge on any atom is -0.492 e. The number of benzene rings is 1. The lowest BCUT2D eigenvalue weighted by Crippen LogP contribution is -2.43. The Morgan fingerprint density at radius 3 is 2.18 bits per heavy atom. The zero-order valence-electron chi connectivity index (χ0n) is 14.0. The molecule has 1 heterocycles. The molecule has 8 nitrogen and oxygen atoms in total. The van der Waals surface area contributed by atoms with Gasteiger partial charge in [0.2, 0.25) is 0 Å². The summed E-state index contributed by atoms with van der Waals surface area (Å²) in [6, 6.07) is 2.61. The van der Waals surface area contributed by atoms with E-state index >= 15 is 0 Å². The fourth-order valence-electron chi connectivity index (χ4n) is 2.38. The summed E-state index contributed by atoms with van der Waals surface area (Å²) in [5, 5.41) is 0. The highest BCUT2D eigenvalue weighted by atomic mass is 35.7. The lowest BCUT2D eigenvalue weighted by Gasteiger charge is -2.30. The Morgan fingerprint density at radius 1 is 1.21 bits per heavy atom. The van der Waals surface area contributed by atoms with Gasteiger partial charge in [-0.25, -0.2) is 8.42 Å². The van der Waals surface area contributed by atoms with Crippen molar-refractivity contribution >= 4 is 45.7 Å². The van der Waals surface area contributed by atoms with Crippen LogP contribution in [0.5, 0.6) is 5.75 Å². The van der Waals surface area contributed by atoms with E-state index in [1.165, 1.54) is 12.1 Å². The van der Waals surface area contributed by atoms with Crippen LogP contribution in [0, 0.1) is 0 Å². The number of hydrogen-bond donors (Lipinski definition) is 1. The molecule has 0 aromatic heterocycles. The molecular weight excluding hydrogens is 474 g/mol. The Hall–Kier alpha value is -1.28. The van der Waals surface area contributed by atoms with E-state index < -0.39 is 30.5 Å². The number of alkyl halides is 3. The summed E-state index contributed by atoms with van der Waals surface area (Å²) in [6.07, 6.45) is -4.80. The van der Waals surface area contributed by atoms with Gasteiger partial charge in [0, 0.05) is 34.5 Å². The van der Waals surface area contributed by atoms with Crippen molar-refractivity contribution in [2.24, 2.45) is 0 Å². The van der Waals surface area contributed by atoms with Crippen LogP contribution in [0.3, 0.4) is 0 Å². The van der Waals surface area contributed by atoms with Crippen LogP contribution in [0.4, 0.5) is 13.2 Å². The number of carbonyl (C=O) groups is 1. The highest BCUT2D eigenvalue weighted by Crippen LogP contribution is 2.34. The molecule has 0 spiro atoms. The van der Waals surface area contributed by atoms with E-state index in [2.05, 4.69) is 10.7 Å². The molecule has 0 unspecified atom stereocenters. The minimum atomic E-state index is -4.97. The van der Waals surface area contributed by atoms with Crippen LogP contribution in [-0.2, 0) is 36.1 Å². The smallest absolute Gasteiger partial charge is 0.471 e. The zero-order chi connectivity index (χ0) is 21.9. The number of amides is 1. The van der Waals surface area contributed by atoms with Crippen molar-refractivity contribution in [2.75, 3.05) is 13.2 Å². The topological polar surface area (TPSA) is 118 Å². The third-order valence-electron chi connectivity index (χ3n) is 3.37. The van der Waals surface area contributed by atoms with Crippen molar-refractivity contribution in [2.45, 2.75) is 31.0 Å². The molecule has 1 aromatic carbocycles. The molecule has 0 fully saturated rings. The van der Waals surface area contributed by atoms with Gasteiger partial charge in [0.05, 0.1) is 6.61 Å². The average Bonchev–Trinajstić information content (AvgIpc) is 2.50. The zero-order valence-corrected chi connectivity index (χ0v) is 17.2. The Kier molecular flexibility index (Phi) is 7.98. The minimum absolute atomic E-state index is 0.0526. The maximum absolute atomic E-state index is 12.5. The molecule has 2 rings (SSSR count). The summed E-state index contributed by atoms with van der Waals surface area (Å²) >= 11 is 0. The summed E-state index contributed by atoms with van der Waals surface area (Å²) in [4.78, 5) is 11.6. The van der Waals surface area contributed by atoms with Crippen molar-refractivity contribution < 1.29 is 44.1 Å².